The first-order valence-corrected chi connectivity index (χ1v) is 9.75. The van der Waals surface area contributed by atoms with E-state index < -0.39 is 7.75 Å². The van der Waals surface area contributed by atoms with E-state index in [-0.39, 0.29) is 6.04 Å². The third-order valence-electron chi connectivity index (χ3n) is 2.93. The summed E-state index contributed by atoms with van der Waals surface area (Å²) in [5.74, 6) is 0. The third-order valence-corrected chi connectivity index (χ3v) is 4.81. The van der Waals surface area contributed by atoms with E-state index in [2.05, 4.69) is 18.9 Å². The molecule has 0 aromatic rings. The third kappa shape index (κ3) is 11.9. The molecule has 0 heterocycles. The van der Waals surface area contributed by atoms with Crippen LogP contribution in [0.3, 0.4) is 0 Å². The van der Waals surface area contributed by atoms with E-state index in [9.17, 15) is 4.57 Å². The zero-order valence-electron chi connectivity index (χ0n) is 13.8. The Balaban J connectivity index is 3.98. The summed E-state index contributed by atoms with van der Waals surface area (Å²) >= 11 is 0. The normalized spacial score (nSPS) is 12.2. The molecule has 0 aromatic heterocycles. The first-order valence-electron chi connectivity index (χ1n) is 8.21. The Morgan fingerprint density at radius 1 is 0.850 bits per heavy atom. The minimum absolute atomic E-state index is 0.0899. The first-order chi connectivity index (χ1) is 9.54. The summed E-state index contributed by atoms with van der Waals surface area (Å²) < 4.78 is 23.6. The second-order valence-electron chi connectivity index (χ2n) is 5.57. The Kier molecular flexibility index (Phi) is 12.9. The summed E-state index contributed by atoms with van der Waals surface area (Å²) in [6.07, 6.45) is 8.90. The van der Waals surface area contributed by atoms with Crippen molar-refractivity contribution in [1.29, 1.82) is 0 Å². The molecule has 122 valence electrons. The van der Waals surface area contributed by atoms with Crippen molar-refractivity contribution in [3.05, 3.63) is 0 Å². The second kappa shape index (κ2) is 12.8. The predicted octanol–water partition coefficient (Wildman–Crippen LogP) is 5.29. The Labute approximate surface area is 125 Å². The fourth-order valence-corrected chi connectivity index (χ4v) is 3.45. The molecule has 0 rings (SSSR count). The van der Waals surface area contributed by atoms with Gasteiger partial charge in [-0.2, -0.15) is 0 Å². The van der Waals surface area contributed by atoms with E-state index in [1.807, 2.05) is 13.8 Å². The highest BCUT2D eigenvalue weighted by Gasteiger charge is 2.25. The molecule has 0 fully saturated rings. The highest BCUT2D eigenvalue weighted by atomic mass is 31.2. The van der Waals surface area contributed by atoms with Crippen LogP contribution >= 0.6 is 7.75 Å². The predicted molar refractivity (Wildman–Crippen MR) is 86.1 cm³/mol. The van der Waals surface area contributed by atoms with Gasteiger partial charge in [0, 0.05) is 6.04 Å². The number of nitrogens with one attached hydrogen (secondary N) is 1. The standard InChI is InChI=1S/C15H34NO3P/c1-5-7-9-11-13-18-20(17,16-15(3)4)19-14-12-10-8-6-2/h15H,5-14H2,1-4H3,(H,16,17). The highest BCUT2D eigenvalue weighted by molar-refractivity contribution is 7.51. The monoisotopic (exact) mass is 307 g/mol. The van der Waals surface area contributed by atoms with Gasteiger partial charge in [-0.15, -0.1) is 0 Å². The Morgan fingerprint density at radius 2 is 1.30 bits per heavy atom. The van der Waals surface area contributed by atoms with Gasteiger partial charge in [-0.1, -0.05) is 52.4 Å². The first kappa shape index (κ1) is 20.1. The van der Waals surface area contributed by atoms with Crippen LogP contribution < -0.4 is 5.09 Å². The van der Waals surface area contributed by atoms with Crippen LogP contribution in [0, 0.1) is 0 Å². The highest BCUT2D eigenvalue weighted by Crippen LogP contribution is 2.44. The zero-order chi connectivity index (χ0) is 15.3. The molecular weight excluding hydrogens is 273 g/mol. The Morgan fingerprint density at radius 3 is 1.65 bits per heavy atom. The molecular formula is C15H34NO3P. The molecule has 0 atom stereocenters. The lowest BCUT2D eigenvalue weighted by Gasteiger charge is -2.21. The minimum Gasteiger partial charge on any atom is -0.297 e. The van der Waals surface area contributed by atoms with Gasteiger partial charge in [-0.3, -0.25) is 9.05 Å². The number of hydrogen-bond acceptors (Lipinski definition) is 3. The van der Waals surface area contributed by atoms with Crippen molar-refractivity contribution in [2.24, 2.45) is 0 Å². The van der Waals surface area contributed by atoms with Crippen molar-refractivity contribution in [2.45, 2.75) is 85.1 Å². The van der Waals surface area contributed by atoms with Crippen LogP contribution in [0.25, 0.3) is 0 Å². The smallest absolute Gasteiger partial charge is 0.297 e. The van der Waals surface area contributed by atoms with E-state index in [0.717, 1.165) is 25.7 Å². The van der Waals surface area contributed by atoms with E-state index in [0.29, 0.717) is 13.2 Å². The lowest BCUT2D eigenvalue weighted by Crippen LogP contribution is -2.22. The number of rotatable bonds is 14. The molecule has 0 spiro atoms. The van der Waals surface area contributed by atoms with Crippen molar-refractivity contribution in [3.63, 3.8) is 0 Å². The topological polar surface area (TPSA) is 47.6 Å². The van der Waals surface area contributed by atoms with Gasteiger partial charge in [0.1, 0.15) is 0 Å². The molecule has 4 nitrogen and oxygen atoms in total. The molecule has 1 N–H and O–H groups in total. The summed E-state index contributed by atoms with van der Waals surface area (Å²) in [5.41, 5.74) is 0. The van der Waals surface area contributed by atoms with Gasteiger partial charge < -0.3 is 0 Å². The maximum Gasteiger partial charge on any atom is 0.405 e. The Hall–Kier alpha value is 0.110. The average molecular weight is 307 g/mol. The summed E-state index contributed by atoms with van der Waals surface area (Å²) in [6, 6.07) is 0.0899. The number of hydrogen-bond donors (Lipinski definition) is 1. The van der Waals surface area contributed by atoms with Gasteiger partial charge in [-0.05, 0) is 26.7 Å². The van der Waals surface area contributed by atoms with Crippen LogP contribution in [0.1, 0.15) is 79.1 Å². The molecule has 0 saturated carbocycles. The van der Waals surface area contributed by atoms with Crippen LogP contribution in [0.5, 0.6) is 0 Å². The zero-order valence-corrected chi connectivity index (χ0v) is 14.7. The lowest BCUT2D eigenvalue weighted by molar-refractivity contribution is 0.187. The van der Waals surface area contributed by atoms with E-state index >= 15 is 0 Å². The average Bonchev–Trinajstić information content (AvgIpc) is 2.37. The minimum atomic E-state index is -3.12. The van der Waals surface area contributed by atoms with Crippen LogP contribution in [-0.4, -0.2) is 19.3 Å². The molecule has 0 radical (unpaired) electrons. The molecule has 0 unspecified atom stereocenters. The SMILES string of the molecule is CCCCCCOP(=O)(NC(C)C)OCCCCCC. The van der Waals surface area contributed by atoms with Gasteiger partial charge in [0.05, 0.1) is 13.2 Å². The fraction of sp³-hybridized carbons (Fsp3) is 1.00. The maximum absolute atomic E-state index is 12.5. The molecule has 20 heavy (non-hydrogen) atoms. The van der Waals surface area contributed by atoms with Crippen molar-refractivity contribution < 1.29 is 13.6 Å². The van der Waals surface area contributed by atoms with Gasteiger partial charge in [0.25, 0.3) is 0 Å². The lowest BCUT2D eigenvalue weighted by atomic mass is 10.2. The van der Waals surface area contributed by atoms with Crippen molar-refractivity contribution >= 4 is 7.75 Å². The molecule has 5 heteroatoms. The van der Waals surface area contributed by atoms with Gasteiger partial charge in [-0.25, -0.2) is 9.65 Å². The second-order valence-corrected chi connectivity index (χ2v) is 7.34. The van der Waals surface area contributed by atoms with Crippen molar-refractivity contribution in [3.8, 4) is 0 Å². The van der Waals surface area contributed by atoms with Crippen LogP contribution in [0.2, 0.25) is 0 Å². The molecule has 0 aliphatic rings. The summed E-state index contributed by atoms with van der Waals surface area (Å²) in [7, 11) is -3.12. The van der Waals surface area contributed by atoms with Crippen LogP contribution in [-0.2, 0) is 13.6 Å². The molecule has 0 aromatic carbocycles. The number of unbranched alkanes of at least 4 members (excludes halogenated alkanes) is 6. The van der Waals surface area contributed by atoms with Crippen molar-refractivity contribution in [1.82, 2.24) is 5.09 Å². The Bertz CT molecular complexity index is 242. The maximum atomic E-state index is 12.5. The van der Waals surface area contributed by atoms with E-state index in [1.54, 1.807) is 0 Å². The van der Waals surface area contributed by atoms with Crippen LogP contribution in [0.15, 0.2) is 0 Å². The van der Waals surface area contributed by atoms with Gasteiger partial charge in [0.15, 0.2) is 0 Å². The quantitative estimate of drug-likeness (QED) is 0.350. The van der Waals surface area contributed by atoms with Crippen LogP contribution in [0.4, 0.5) is 0 Å². The molecule has 0 aliphatic carbocycles. The van der Waals surface area contributed by atoms with E-state index in [1.165, 1.54) is 25.7 Å². The summed E-state index contributed by atoms with van der Waals surface area (Å²) in [4.78, 5) is 0. The fourth-order valence-electron chi connectivity index (χ4n) is 1.86. The van der Waals surface area contributed by atoms with Crippen molar-refractivity contribution in [2.75, 3.05) is 13.2 Å². The molecule has 0 bridgehead atoms. The van der Waals surface area contributed by atoms with E-state index in [4.69, 9.17) is 9.05 Å². The largest absolute Gasteiger partial charge is 0.405 e. The van der Waals surface area contributed by atoms with Gasteiger partial charge in [0.2, 0.25) is 0 Å². The molecule has 0 aliphatic heterocycles. The molecule has 0 saturated heterocycles. The van der Waals surface area contributed by atoms with Gasteiger partial charge >= 0.3 is 7.75 Å². The molecule has 0 amide bonds. The summed E-state index contributed by atoms with van der Waals surface area (Å²) in [5, 5.41) is 2.95. The summed E-state index contributed by atoms with van der Waals surface area (Å²) in [6.45, 7) is 9.26.